The normalized spacial score (nSPS) is 17.8. The molecule has 1 unspecified atom stereocenters. The highest BCUT2D eigenvalue weighted by molar-refractivity contribution is 14.0. The maximum absolute atomic E-state index is 4.39. The molecule has 1 atom stereocenters. The third-order valence-electron chi connectivity index (χ3n) is 5.70. The molecule has 6 heteroatoms. The van der Waals surface area contributed by atoms with Gasteiger partial charge in [0.05, 0.1) is 0 Å². The minimum atomic E-state index is 0. The second kappa shape index (κ2) is 14.2. The van der Waals surface area contributed by atoms with Crippen LogP contribution < -0.4 is 10.6 Å². The van der Waals surface area contributed by atoms with Gasteiger partial charge in [-0.05, 0) is 58.6 Å². The quantitative estimate of drug-likeness (QED) is 0.285. The Bertz CT molecular complexity index is 568. The Kier molecular flexibility index (Phi) is 12.8. The van der Waals surface area contributed by atoms with Gasteiger partial charge in [0.25, 0.3) is 0 Å². The van der Waals surface area contributed by atoms with Crippen LogP contribution in [0.3, 0.4) is 0 Å². The monoisotopic (exact) mass is 515 g/mol. The average molecular weight is 516 g/mol. The van der Waals surface area contributed by atoms with Gasteiger partial charge in [0.2, 0.25) is 0 Å². The minimum Gasteiger partial charge on any atom is -0.356 e. The molecule has 29 heavy (non-hydrogen) atoms. The van der Waals surface area contributed by atoms with Crippen molar-refractivity contribution in [1.29, 1.82) is 0 Å². The van der Waals surface area contributed by atoms with E-state index in [9.17, 15) is 0 Å². The first-order valence-corrected chi connectivity index (χ1v) is 11.0. The van der Waals surface area contributed by atoms with E-state index in [-0.39, 0.29) is 24.0 Å². The summed E-state index contributed by atoms with van der Waals surface area (Å²) in [7, 11) is 1.86. The van der Waals surface area contributed by atoms with Crippen molar-refractivity contribution in [2.45, 2.75) is 52.6 Å². The first kappa shape index (κ1) is 26.2. The molecule has 1 aromatic rings. The molecule has 1 fully saturated rings. The van der Waals surface area contributed by atoms with E-state index >= 15 is 0 Å². The molecule has 0 aliphatic carbocycles. The minimum absolute atomic E-state index is 0. The van der Waals surface area contributed by atoms with Gasteiger partial charge in [-0.2, -0.15) is 0 Å². The maximum Gasteiger partial charge on any atom is 0.191 e. The van der Waals surface area contributed by atoms with Gasteiger partial charge in [0.1, 0.15) is 0 Å². The zero-order valence-corrected chi connectivity index (χ0v) is 21.4. The summed E-state index contributed by atoms with van der Waals surface area (Å²) in [4.78, 5) is 9.49. The summed E-state index contributed by atoms with van der Waals surface area (Å²) in [5.74, 6) is 1.63. The SMILES string of the molecule is CN=C(NCCN(C(C)C)C(C)C)NCC1CCN(CCc2ccccc2)C1.I. The fraction of sp³-hybridized carbons (Fsp3) is 0.696. The van der Waals surface area contributed by atoms with Crippen LogP contribution in [-0.4, -0.2) is 74.2 Å². The van der Waals surface area contributed by atoms with Crippen molar-refractivity contribution >= 4 is 29.9 Å². The lowest BCUT2D eigenvalue weighted by atomic mass is 10.1. The van der Waals surface area contributed by atoms with E-state index in [1.807, 2.05) is 7.05 Å². The van der Waals surface area contributed by atoms with Gasteiger partial charge in [-0.15, -0.1) is 24.0 Å². The predicted octanol–water partition coefficient (Wildman–Crippen LogP) is 3.45. The fourth-order valence-electron chi connectivity index (χ4n) is 4.09. The second-order valence-electron chi connectivity index (χ2n) is 8.50. The van der Waals surface area contributed by atoms with E-state index in [1.54, 1.807) is 0 Å². The van der Waals surface area contributed by atoms with Gasteiger partial charge in [-0.25, -0.2) is 0 Å². The van der Waals surface area contributed by atoms with E-state index in [0.717, 1.165) is 38.6 Å². The largest absolute Gasteiger partial charge is 0.356 e. The van der Waals surface area contributed by atoms with Crippen LogP contribution in [0.2, 0.25) is 0 Å². The smallest absolute Gasteiger partial charge is 0.191 e. The molecule has 2 rings (SSSR count). The molecule has 1 aliphatic rings. The molecule has 0 saturated carbocycles. The lowest BCUT2D eigenvalue weighted by Gasteiger charge is -2.30. The van der Waals surface area contributed by atoms with Crippen LogP contribution in [0.25, 0.3) is 0 Å². The zero-order valence-electron chi connectivity index (χ0n) is 19.0. The first-order chi connectivity index (χ1) is 13.5. The number of guanidine groups is 1. The number of aliphatic imine (C=N–C) groups is 1. The van der Waals surface area contributed by atoms with Gasteiger partial charge in [-0.1, -0.05) is 30.3 Å². The Hall–Kier alpha value is -0.860. The summed E-state index contributed by atoms with van der Waals surface area (Å²) in [6.45, 7) is 15.6. The molecule has 2 N–H and O–H groups in total. The summed E-state index contributed by atoms with van der Waals surface area (Å²) in [6.07, 6.45) is 2.42. The average Bonchev–Trinajstić information content (AvgIpc) is 3.14. The van der Waals surface area contributed by atoms with Crippen LogP contribution in [0.1, 0.15) is 39.7 Å². The number of likely N-dealkylation sites (tertiary alicyclic amines) is 1. The predicted molar refractivity (Wildman–Crippen MR) is 136 cm³/mol. The third-order valence-corrected chi connectivity index (χ3v) is 5.70. The maximum atomic E-state index is 4.39. The van der Waals surface area contributed by atoms with E-state index < -0.39 is 0 Å². The van der Waals surface area contributed by atoms with Crippen molar-refractivity contribution in [3.05, 3.63) is 35.9 Å². The van der Waals surface area contributed by atoms with E-state index in [0.29, 0.717) is 18.0 Å². The van der Waals surface area contributed by atoms with Crippen LogP contribution in [-0.2, 0) is 6.42 Å². The Labute approximate surface area is 195 Å². The number of halogens is 1. The van der Waals surface area contributed by atoms with Crippen molar-refractivity contribution in [2.24, 2.45) is 10.9 Å². The lowest BCUT2D eigenvalue weighted by Crippen LogP contribution is -2.46. The lowest BCUT2D eigenvalue weighted by molar-refractivity contribution is 0.178. The summed E-state index contributed by atoms with van der Waals surface area (Å²) in [5.41, 5.74) is 1.44. The molecule has 0 amide bonds. The van der Waals surface area contributed by atoms with Crippen LogP contribution >= 0.6 is 24.0 Å². The van der Waals surface area contributed by atoms with Gasteiger partial charge >= 0.3 is 0 Å². The number of nitrogens with one attached hydrogen (secondary N) is 2. The highest BCUT2D eigenvalue weighted by Gasteiger charge is 2.22. The van der Waals surface area contributed by atoms with Crippen molar-refractivity contribution in [3.8, 4) is 0 Å². The molecule has 166 valence electrons. The van der Waals surface area contributed by atoms with Crippen molar-refractivity contribution in [3.63, 3.8) is 0 Å². The molecule has 0 radical (unpaired) electrons. The Balaban J connectivity index is 0.00000420. The summed E-state index contributed by atoms with van der Waals surface area (Å²) in [5, 5.41) is 7.01. The second-order valence-corrected chi connectivity index (χ2v) is 8.50. The molecule has 0 aromatic heterocycles. The topological polar surface area (TPSA) is 42.9 Å². The van der Waals surface area contributed by atoms with Gasteiger partial charge in [-0.3, -0.25) is 9.89 Å². The van der Waals surface area contributed by atoms with Crippen molar-refractivity contribution in [1.82, 2.24) is 20.4 Å². The van der Waals surface area contributed by atoms with E-state index in [2.05, 4.69) is 83.5 Å². The van der Waals surface area contributed by atoms with E-state index in [4.69, 9.17) is 0 Å². The Morgan fingerprint density at radius 1 is 1.14 bits per heavy atom. The highest BCUT2D eigenvalue weighted by atomic mass is 127. The van der Waals surface area contributed by atoms with Crippen molar-refractivity contribution in [2.75, 3.05) is 46.3 Å². The number of benzene rings is 1. The summed E-state index contributed by atoms with van der Waals surface area (Å²) >= 11 is 0. The van der Waals surface area contributed by atoms with E-state index in [1.165, 1.54) is 25.1 Å². The summed E-state index contributed by atoms with van der Waals surface area (Å²) in [6, 6.07) is 11.9. The van der Waals surface area contributed by atoms with Crippen molar-refractivity contribution < 1.29 is 0 Å². The molecule has 1 saturated heterocycles. The van der Waals surface area contributed by atoms with Crippen LogP contribution in [0.5, 0.6) is 0 Å². The fourth-order valence-corrected chi connectivity index (χ4v) is 4.09. The van der Waals surface area contributed by atoms with Crippen LogP contribution in [0, 0.1) is 5.92 Å². The molecule has 1 aliphatic heterocycles. The molecule has 1 heterocycles. The van der Waals surface area contributed by atoms with Gasteiger partial charge < -0.3 is 15.5 Å². The molecule has 5 nitrogen and oxygen atoms in total. The standard InChI is InChI=1S/C23H41N5.HI/c1-19(2)28(20(3)4)16-13-25-23(24-5)26-17-22-12-15-27(18-22)14-11-21-9-7-6-8-10-21;/h6-10,19-20,22H,11-18H2,1-5H3,(H2,24,25,26);1H. The third kappa shape index (κ3) is 9.66. The molecule has 0 spiro atoms. The van der Waals surface area contributed by atoms with Gasteiger partial charge in [0, 0.05) is 51.9 Å². The number of hydrogen-bond donors (Lipinski definition) is 2. The van der Waals surface area contributed by atoms with Crippen LogP contribution in [0.15, 0.2) is 35.3 Å². The number of hydrogen-bond acceptors (Lipinski definition) is 3. The molecule has 0 bridgehead atoms. The van der Waals surface area contributed by atoms with Crippen LogP contribution in [0.4, 0.5) is 0 Å². The summed E-state index contributed by atoms with van der Waals surface area (Å²) < 4.78 is 0. The molecule has 1 aromatic carbocycles. The Morgan fingerprint density at radius 3 is 2.45 bits per heavy atom. The highest BCUT2D eigenvalue weighted by Crippen LogP contribution is 2.16. The van der Waals surface area contributed by atoms with Gasteiger partial charge in [0.15, 0.2) is 5.96 Å². The zero-order chi connectivity index (χ0) is 20.4. The molecular formula is C23H42IN5. The first-order valence-electron chi connectivity index (χ1n) is 11.0. The Morgan fingerprint density at radius 2 is 1.83 bits per heavy atom. The number of rotatable bonds is 10. The molecular weight excluding hydrogens is 473 g/mol. The number of nitrogens with zero attached hydrogens (tertiary/aromatic N) is 3.